The lowest BCUT2D eigenvalue weighted by atomic mass is 10.1. The normalized spacial score (nSPS) is 10.3. The zero-order chi connectivity index (χ0) is 14.5. The summed E-state index contributed by atoms with van der Waals surface area (Å²) in [5.41, 5.74) is 8.99. The maximum Gasteiger partial charge on any atom is 0.249 e. The Morgan fingerprint density at radius 2 is 1.95 bits per heavy atom. The second-order valence-electron chi connectivity index (χ2n) is 4.55. The van der Waals surface area contributed by atoms with E-state index in [0.717, 1.165) is 17.0 Å². The van der Waals surface area contributed by atoms with Gasteiger partial charge in [0.2, 0.25) is 11.9 Å². The molecule has 1 amide bonds. The van der Waals surface area contributed by atoms with Crippen molar-refractivity contribution in [2.75, 3.05) is 11.1 Å². The van der Waals surface area contributed by atoms with E-state index >= 15 is 0 Å². The molecule has 0 fully saturated rings. The summed E-state index contributed by atoms with van der Waals surface area (Å²) in [6.07, 6.45) is 0.904. The van der Waals surface area contributed by atoms with Crippen LogP contribution in [0.2, 0.25) is 0 Å². The Kier molecular flexibility index (Phi) is 4.24. The highest BCUT2D eigenvalue weighted by molar-refractivity contribution is 5.89. The molecular formula is C14H17N5O. The van der Waals surface area contributed by atoms with Crippen LogP contribution in [-0.4, -0.2) is 21.1 Å². The molecule has 1 aromatic heterocycles. The predicted molar refractivity (Wildman–Crippen MR) is 77.1 cm³/mol. The highest BCUT2D eigenvalue weighted by Crippen LogP contribution is 2.13. The number of amides is 1. The average molecular weight is 271 g/mol. The lowest BCUT2D eigenvalue weighted by molar-refractivity contribution is -0.116. The van der Waals surface area contributed by atoms with Crippen LogP contribution in [0.4, 0.5) is 11.6 Å². The Morgan fingerprint density at radius 1 is 1.20 bits per heavy atom. The van der Waals surface area contributed by atoms with Crippen LogP contribution in [0.5, 0.6) is 0 Å². The van der Waals surface area contributed by atoms with E-state index in [0.29, 0.717) is 18.5 Å². The molecular weight excluding hydrogens is 254 g/mol. The molecule has 104 valence electrons. The number of nitrogen functional groups attached to an aromatic ring is 1. The van der Waals surface area contributed by atoms with Gasteiger partial charge in [0, 0.05) is 12.1 Å². The highest BCUT2D eigenvalue weighted by atomic mass is 16.1. The smallest absolute Gasteiger partial charge is 0.249 e. The minimum absolute atomic E-state index is 0.154. The van der Waals surface area contributed by atoms with E-state index in [4.69, 9.17) is 5.73 Å². The molecule has 2 aromatic rings. The first kappa shape index (κ1) is 13.9. The number of nitrogens with one attached hydrogen (secondary N) is 1. The Labute approximate surface area is 117 Å². The van der Waals surface area contributed by atoms with Crippen molar-refractivity contribution in [1.29, 1.82) is 0 Å². The summed E-state index contributed by atoms with van der Waals surface area (Å²) in [5, 5.41) is 10.4. The molecule has 0 atom stereocenters. The van der Waals surface area contributed by atoms with E-state index in [1.165, 1.54) is 0 Å². The number of anilines is 2. The number of nitrogens with two attached hydrogens (primary N) is 1. The van der Waals surface area contributed by atoms with Crippen LogP contribution >= 0.6 is 0 Å². The van der Waals surface area contributed by atoms with E-state index in [1.54, 1.807) is 0 Å². The van der Waals surface area contributed by atoms with Crippen LogP contribution in [0.1, 0.15) is 23.4 Å². The third-order valence-corrected chi connectivity index (χ3v) is 3.02. The van der Waals surface area contributed by atoms with Crippen LogP contribution in [0.25, 0.3) is 0 Å². The van der Waals surface area contributed by atoms with Crippen LogP contribution in [0.15, 0.2) is 24.3 Å². The first-order valence-electron chi connectivity index (χ1n) is 6.37. The molecule has 20 heavy (non-hydrogen) atoms. The summed E-state index contributed by atoms with van der Waals surface area (Å²) in [5.74, 6) is 0.0810. The monoisotopic (exact) mass is 271 g/mol. The van der Waals surface area contributed by atoms with Crippen LogP contribution in [0.3, 0.4) is 0 Å². The van der Waals surface area contributed by atoms with Gasteiger partial charge in [0.05, 0.1) is 11.4 Å². The molecule has 6 nitrogen and oxygen atoms in total. The van der Waals surface area contributed by atoms with Gasteiger partial charge in [-0.05, 0) is 31.9 Å². The van der Waals surface area contributed by atoms with Crippen molar-refractivity contribution in [1.82, 2.24) is 15.2 Å². The zero-order valence-corrected chi connectivity index (χ0v) is 11.6. The van der Waals surface area contributed by atoms with E-state index in [2.05, 4.69) is 20.5 Å². The number of aryl methyl sites for hydroxylation is 3. The van der Waals surface area contributed by atoms with Crippen molar-refractivity contribution < 1.29 is 4.79 Å². The van der Waals surface area contributed by atoms with Crippen LogP contribution in [-0.2, 0) is 11.2 Å². The van der Waals surface area contributed by atoms with Gasteiger partial charge in [-0.2, -0.15) is 5.10 Å². The van der Waals surface area contributed by atoms with Gasteiger partial charge in [0.15, 0.2) is 0 Å². The molecule has 0 unspecified atom stereocenters. The molecule has 0 saturated heterocycles. The van der Waals surface area contributed by atoms with Crippen molar-refractivity contribution in [3.05, 3.63) is 41.2 Å². The fraction of sp³-hybridized carbons (Fsp3) is 0.286. The van der Waals surface area contributed by atoms with Crippen molar-refractivity contribution in [2.45, 2.75) is 26.7 Å². The molecule has 0 aliphatic carbocycles. The lowest BCUT2D eigenvalue weighted by Gasteiger charge is -2.06. The number of aromatic nitrogens is 3. The van der Waals surface area contributed by atoms with E-state index in [9.17, 15) is 4.79 Å². The first-order valence-corrected chi connectivity index (χ1v) is 6.37. The molecule has 2 rings (SSSR count). The van der Waals surface area contributed by atoms with Gasteiger partial charge in [-0.25, -0.2) is 4.98 Å². The fourth-order valence-corrected chi connectivity index (χ4v) is 1.71. The number of nitrogens with zero attached hydrogens (tertiary/aromatic N) is 3. The van der Waals surface area contributed by atoms with E-state index < -0.39 is 0 Å². The highest BCUT2D eigenvalue weighted by Gasteiger charge is 2.08. The zero-order valence-electron chi connectivity index (χ0n) is 11.6. The largest absolute Gasteiger partial charge is 0.399 e. The van der Waals surface area contributed by atoms with Crippen LogP contribution in [0, 0.1) is 13.8 Å². The lowest BCUT2D eigenvalue weighted by Crippen LogP contribution is -2.16. The molecule has 1 aromatic carbocycles. The van der Waals surface area contributed by atoms with E-state index in [1.807, 2.05) is 38.1 Å². The van der Waals surface area contributed by atoms with Gasteiger partial charge >= 0.3 is 0 Å². The number of benzene rings is 1. The Bertz CT molecular complexity index is 627. The number of para-hydroxylation sites is 1. The first-order chi connectivity index (χ1) is 9.56. The Balaban J connectivity index is 1.93. The maximum atomic E-state index is 11.8. The topological polar surface area (TPSA) is 93.8 Å². The van der Waals surface area contributed by atoms with Crippen LogP contribution < -0.4 is 11.1 Å². The number of hydrogen-bond donors (Lipinski definition) is 2. The fourth-order valence-electron chi connectivity index (χ4n) is 1.71. The molecule has 0 radical (unpaired) electrons. The number of carbonyl (C=O) groups excluding carboxylic acids is 1. The minimum atomic E-state index is -0.154. The molecule has 0 spiro atoms. The summed E-state index contributed by atoms with van der Waals surface area (Å²) < 4.78 is 0. The van der Waals surface area contributed by atoms with Gasteiger partial charge in [0.25, 0.3) is 0 Å². The van der Waals surface area contributed by atoms with Gasteiger partial charge in [-0.15, -0.1) is 5.10 Å². The summed E-state index contributed by atoms with van der Waals surface area (Å²) in [6, 6.07) is 7.51. The molecule has 0 aliphatic rings. The number of hydrogen-bond acceptors (Lipinski definition) is 5. The Hall–Kier alpha value is -2.50. The molecule has 3 N–H and O–H groups in total. The molecule has 0 aliphatic heterocycles. The summed E-state index contributed by atoms with van der Waals surface area (Å²) in [6.45, 7) is 3.64. The van der Waals surface area contributed by atoms with Gasteiger partial charge in [-0.3, -0.25) is 10.1 Å². The predicted octanol–water partition coefficient (Wildman–Crippen LogP) is 1.64. The average Bonchev–Trinajstić information content (AvgIpc) is 2.42. The van der Waals surface area contributed by atoms with Gasteiger partial charge in [-0.1, -0.05) is 18.2 Å². The second kappa shape index (κ2) is 6.10. The molecule has 1 heterocycles. The molecule has 6 heteroatoms. The third kappa shape index (κ3) is 3.50. The molecule has 0 saturated carbocycles. The van der Waals surface area contributed by atoms with Crippen molar-refractivity contribution >= 4 is 17.5 Å². The SMILES string of the molecule is Cc1nnc(NC(=O)CCc2ccccc2N)nc1C. The molecule has 0 bridgehead atoms. The van der Waals surface area contributed by atoms with Gasteiger partial charge in [0.1, 0.15) is 0 Å². The third-order valence-electron chi connectivity index (χ3n) is 3.02. The summed E-state index contributed by atoms with van der Waals surface area (Å²) >= 11 is 0. The number of carbonyl (C=O) groups is 1. The van der Waals surface area contributed by atoms with E-state index in [-0.39, 0.29) is 11.9 Å². The Morgan fingerprint density at radius 3 is 2.65 bits per heavy atom. The maximum absolute atomic E-state index is 11.8. The van der Waals surface area contributed by atoms with Crippen molar-refractivity contribution in [2.24, 2.45) is 0 Å². The number of rotatable bonds is 4. The summed E-state index contributed by atoms with van der Waals surface area (Å²) in [7, 11) is 0. The standard InChI is InChI=1S/C14H17N5O/c1-9-10(2)18-19-14(16-9)17-13(20)8-7-11-5-3-4-6-12(11)15/h3-6H,7-8,15H2,1-2H3,(H,16,17,19,20). The van der Waals surface area contributed by atoms with Gasteiger partial charge < -0.3 is 5.73 Å². The van der Waals surface area contributed by atoms with Crippen molar-refractivity contribution in [3.8, 4) is 0 Å². The second-order valence-corrected chi connectivity index (χ2v) is 4.55. The summed E-state index contributed by atoms with van der Waals surface area (Å²) in [4.78, 5) is 16.0. The minimum Gasteiger partial charge on any atom is -0.399 e. The quantitative estimate of drug-likeness (QED) is 0.824. The van der Waals surface area contributed by atoms with Crippen molar-refractivity contribution in [3.63, 3.8) is 0 Å².